The Kier molecular flexibility index (Phi) is 4.85. The molecule has 5 heteroatoms. The molecule has 1 aliphatic heterocycles. The summed E-state index contributed by atoms with van der Waals surface area (Å²) in [6.07, 6.45) is 3.86. The van der Waals surface area contributed by atoms with Gasteiger partial charge in [-0.1, -0.05) is 0 Å². The Hall–Kier alpha value is -1.49. The highest BCUT2D eigenvalue weighted by atomic mass is 16.5. The monoisotopic (exact) mass is 266 g/mol. The van der Waals surface area contributed by atoms with Crippen LogP contribution in [0.25, 0.3) is 0 Å². The van der Waals surface area contributed by atoms with Gasteiger partial charge in [-0.2, -0.15) is 0 Å². The van der Waals surface area contributed by atoms with Crippen LogP contribution in [-0.2, 0) is 11.3 Å². The number of rotatable bonds is 5. The first-order valence-electron chi connectivity index (χ1n) is 6.84. The van der Waals surface area contributed by atoms with E-state index in [0.717, 1.165) is 25.2 Å². The summed E-state index contributed by atoms with van der Waals surface area (Å²) in [5, 5.41) is 2.92. The summed E-state index contributed by atoms with van der Waals surface area (Å²) in [4.78, 5) is 13.9. The van der Waals surface area contributed by atoms with Crippen LogP contribution in [-0.4, -0.2) is 36.2 Å². The van der Waals surface area contributed by atoms with E-state index in [0.29, 0.717) is 13.1 Å². The predicted octanol–water partition coefficient (Wildman–Crippen LogP) is 2.38. The molecule has 0 bridgehead atoms. The maximum Gasteiger partial charge on any atom is 0.318 e. The first kappa shape index (κ1) is 13.9. The van der Waals surface area contributed by atoms with Crippen molar-refractivity contribution in [2.24, 2.45) is 0 Å². The predicted molar refractivity (Wildman–Crippen MR) is 71.8 cm³/mol. The molecular weight excluding hydrogens is 244 g/mol. The molecule has 19 heavy (non-hydrogen) atoms. The number of hydrogen-bond acceptors (Lipinski definition) is 3. The van der Waals surface area contributed by atoms with Crippen LogP contribution in [0.4, 0.5) is 4.79 Å². The zero-order valence-corrected chi connectivity index (χ0v) is 11.6. The first-order chi connectivity index (χ1) is 9.15. The minimum Gasteiger partial charge on any atom is -0.467 e. The maximum absolute atomic E-state index is 12.2. The van der Waals surface area contributed by atoms with Crippen LogP contribution >= 0.6 is 0 Å². The van der Waals surface area contributed by atoms with E-state index in [1.165, 1.54) is 0 Å². The number of urea groups is 1. The molecule has 0 radical (unpaired) electrons. The molecule has 5 nitrogen and oxygen atoms in total. The van der Waals surface area contributed by atoms with Gasteiger partial charge in [-0.25, -0.2) is 4.79 Å². The number of nitrogens with zero attached hydrogens (tertiary/aromatic N) is 1. The van der Waals surface area contributed by atoms with Gasteiger partial charge in [-0.3, -0.25) is 0 Å². The fourth-order valence-corrected chi connectivity index (χ4v) is 2.18. The van der Waals surface area contributed by atoms with E-state index < -0.39 is 0 Å². The van der Waals surface area contributed by atoms with Gasteiger partial charge in [0, 0.05) is 19.2 Å². The van der Waals surface area contributed by atoms with Gasteiger partial charge in [0.05, 0.1) is 18.9 Å². The Labute approximate surface area is 113 Å². The van der Waals surface area contributed by atoms with E-state index in [2.05, 4.69) is 5.32 Å². The normalized spacial score (nSPS) is 18.8. The summed E-state index contributed by atoms with van der Waals surface area (Å²) in [5.41, 5.74) is 0. The zero-order valence-electron chi connectivity index (χ0n) is 11.6. The summed E-state index contributed by atoms with van der Waals surface area (Å²) in [6, 6.07) is 3.77. The highest BCUT2D eigenvalue weighted by Crippen LogP contribution is 2.15. The lowest BCUT2D eigenvalue weighted by Gasteiger charge is -2.25. The third kappa shape index (κ3) is 4.28. The van der Waals surface area contributed by atoms with Crippen LogP contribution in [0.15, 0.2) is 22.8 Å². The fourth-order valence-electron chi connectivity index (χ4n) is 2.18. The number of ether oxygens (including phenoxy) is 1. The molecule has 1 aromatic rings. The number of furan rings is 1. The summed E-state index contributed by atoms with van der Waals surface area (Å²) < 4.78 is 10.9. The van der Waals surface area contributed by atoms with E-state index in [4.69, 9.17) is 9.15 Å². The van der Waals surface area contributed by atoms with E-state index in [9.17, 15) is 4.79 Å². The van der Waals surface area contributed by atoms with Gasteiger partial charge in [-0.05, 0) is 38.8 Å². The number of carbonyl (C=O) groups excluding carboxylic acids is 1. The molecule has 1 unspecified atom stereocenters. The van der Waals surface area contributed by atoms with Gasteiger partial charge in [0.25, 0.3) is 0 Å². The van der Waals surface area contributed by atoms with Crippen molar-refractivity contribution in [3.8, 4) is 0 Å². The molecule has 1 fully saturated rings. The van der Waals surface area contributed by atoms with Gasteiger partial charge in [0.1, 0.15) is 5.76 Å². The van der Waals surface area contributed by atoms with Crippen molar-refractivity contribution in [2.75, 3.05) is 13.2 Å². The van der Waals surface area contributed by atoms with Crippen molar-refractivity contribution in [3.05, 3.63) is 24.2 Å². The standard InChI is InChI=1S/C14H22N2O3/c1-11(2)15-14(17)16(9-12-5-3-7-18-12)10-13-6-4-8-19-13/h3,5,7,11,13H,4,6,8-10H2,1-2H3,(H,15,17). The molecule has 2 heterocycles. The Morgan fingerprint density at radius 3 is 3.00 bits per heavy atom. The fraction of sp³-hybridized carbons (Fsp3) is 0.643. The second-order valence-corrected chi connectivity index (χ2v) is 5.20. The van der Waals surface area contributed by atoms with Gasteiger partial charge >= 0.3 is 6.03 Å². The molecular formula is C14H22N2O3. The van der Waals surface area contributed by atoms with Crippen LogP contribution in [0.3, 0.4) is 0 Å². The molecule has 0 spiro atoms. The Morgan fingerprint density at radius 2 is 2.42 bits per heavy atom. The minimum absolute atomic E-state index is 0.0677. The topological polar surface area (TPSA) is 54.7 Å². The molecule has 2 rings (SSSR count). The van der Waals surface area contributed by atoms with Crippen molar-refractivity contribution in [3.63, 3.8) is 0 Å². The van der Waals surface area contributed by atoms with Gasteiger partial charge < -0.3 is 19.4 Å². The second kappa shape index (κ2) is 6.61. The van der Waals surface area contributed by atoms with Crippen molar-refractivity contribution < 1.29 is 13.9 Å². The lowest BCUT2D eigenvalue weighted by atomic mass is 10.2. The van der Waals surface area contributed by atoms with Crippen LogP contribution in [0.5, 0.6) is 0 Å². The number of amides is 2. The minimum atomic E-state index is -0.0677. The summed E-state index contributed by atoms with van der Waals surface area (Å²) in [7, 11) is 0. The molecule has 1 aromatic heterocycles. The van der Waals surface area contributed by atoms with Crippen molar-refractivity contribution >= 4 is 6.03 Å². The Balaban J connectivity index is 1.96. The Morgan fingerprint density at radius 1 is 1.58 bits per heavy atom. The number of carbonyl (C=O) groups is 1. The zero-order chi connectivity index (χ0) is 13.7. The van der Waals surface area contributed by atoms with Gasteiger partial charge in [0.2, 0.25) is 0 Å². The largest absolute Gasteiger partial charge is 0.467 e. The molecule has 1 atom stereocenters. The van der Waals surface area contributed by atoms with Gasteiger partial charge in [-0.15, -0.1) is 0 Å². The molecule has 106 valence electrons. The number of hydrogen-bond donors (Lipinski definition) is 1. The smallest absolute Gasteiger partial charge is 0.318 e. The van der Waals surface area contributed by atoms with Gasteiger partial charge in [0.15, 0.2) is 0 Å². The summed E-state index contributed by atoms with van der Waals surface area (Å²) in [6.45, 7) is 5.79. The van der Waals surface area contributed by atoms with E-state index in [-0.39, 0.29) is 18.2 Å². The summed E-state index contributed by atoms with van der Waals surface area (Å²) >= 11 is 0. The lowest BCUT2D eigenvalue weighted by Crippen LogP contribution is -2.45. The highest BCUT2D eigenvalue weighted by molar-refractivity contribution is 5.74. The Bertz CT molecular complexity index is 383. The van der Waals surface area contributed by atoms with Crippen molar-refractivity contribution in [1.82, 2.24) is 10.2 Å². The quantitative estimate of drug-likeness (QED) is 0.890. The van der Waals surface area contributed by atoms with E-state index in [1.54, 1.807) is 11.2 Å². The molecule has 0 aliphatic carbocycles. The molecule has 0 saturated carbocycles. The second-order valence-electron chi connectivity index (χ2n) is 5.20. The third-order valence-electron chi connectivity index (χ3n) is 3.07. The molecule has 1 aliphatic rings. The highest BCUT2D eigenvalue weighted by Gasteiger charge is 2.23. The summed E-state index contributed by atoms with van der Waals surface area (Å²) in [5.74, 6) is 0.789. The van der Waals surface area contributed by atoms with Crippen LogP contribution in [0.2, 0.25) is 0 Å². The van der Waals surface area contributed by atoms with Crippen molar-refractivity contribution in [2.45, 2.75) is 45.4 Å². The van der Waals surface area contributed by atoms with Crippen LogP contribution < -0.4 is 5.32 Å². The third-order valence-corrected chi connectivity index (χ3v) is 3.07. The molecule has 1 saturated heterocycles. The average molecular weight is 266 g/mol. The molecule has 0 aromatic carbocycles. The van der Waals surface area contributed by atoms with Crippen molar-refractivity contribution in [1.29, 1.82) is 0 Å². The number of nitrogens with one attached hydrogen (secondary N) is 1. The van der Waals surface area contributed by atoms with Crippen LogP contribution in [0, 0.1) is 0 Å². The molecule has 2 amide bonds. The van der Waals surface area contributed by atoms with E-state index >= 15 is 0 Å². The average Bonchev–Trinajstić information content (AvgIpc) is 2.99. The molecule has 1 N–H and O–H groups in total. The lowest BCUT2D eigenvalue weighted by molar-refractivity contribution is 0.0773. The van der Waals surface area contributed by atoms with E-state index in [1.807, 2.05) is 26.0 Å². The maximum atomic E-state index is 12.2. The van der Waals surface area contributed by atoms with Crippen LogP contribution in [0.1, 0.15) is 32.4 Å². The first-order valence-corrected chi connectivity index (χ1v) is 6.84. The SMILES string of the molecule is CC(C)NC(=O)N(Cc1ccco1)CC1CCCO1.